The van der Waals surface area contributed by atoms with Gasteiger partial charge in [-0.1, -0.05) is 103 Å². The average molecular weight is 377 g/mol. The molecule has 0 aliphatic carbocycles. The maximum absolute atomic E-state index is 11.0. The van der Waals surface area contributed by atoms with E-state index in [2.05, 4.69) is 6.92 Å². The molecule has 0 saturated heterocycles. The number of rotatable bonds is 17. The molecule has 3 heteroatoms. The fourth-order valence-corrected chi connectivity index (χ4v) is 3.61. The van der Waals surface area contributed by atoms with Crippen molar-refractivity contribution in [3.8, 4) is 5.75 Å². The van der Waals surface area contributed by atoms with Crippen LogP contribution in [0.25, 0.3) is 0 Å². The lowest BCUT2D eigenvalue weighted by Gasteiger charge is -2.05. The van der Waals surface area contributed by atoms with E-state index in [9.17, 15) is 9.90 Å². The molecule has 0 atom stereocenters. The molecule has 3 nitrogen and oxygen atoms in total. The smallest absolute Gasteiger partial charge is 0.339 e. The first-order chi connectivity index (χ1) is 13.1. The molecular weight excluding hydrogens is 336 g/mol. The Morgan fingerprint density at radius 3 is 1.63 bits per heavy atom. The number of carboxylic acids is 1. The summed E-state index contributed by atoms with van der Waals surface area (Å²) in [5, 5.41) is 18.6. The predicted octanol–water partition coefficient (Wildman–Crippen LogP) is 7.50. The topological polar surface area (TPSA) is 57.5 Å². The molecule has 0 fully saturated rings. The summed E-state index contributed by atoms with van der Waals surface area (Å²) in [4.78, 5) is 11.0. The maximum atomic E-state index is 11.0. The molecule has 0 bridgehead atoms. The monoisotopic (exact) mass is 376 g/mol. The third kappa shape index (κ3) is 11.7. The zero-order valence-electron chi connectivity index (χ0n) is 17.3. The van der Waals surface area contributed by atoms with Crippen LogP contribution in [0.4, 0.5) is 0 Å². The molecule has 0 amide bonds. The SMILES string of the molecule is CCCCCCCCCCCCCCCCCc1ccc(O)c(C(=O)O)c1. The number of aryl methyl sites for hydroxylation is 1. The van der Waals surface area contributed by atoms with E-state index in [1.807, 2.05) is 6.07 Å². The summed E-state index contributed by atoms with van der Waals surface area (Å²) in [6.07, 6.45) is 21.1. The van der Waals surface area contributed by atoms with E-state index in [0.717, 1.165) is 18.4 Å². The number of hydrogen-bond acceptors (Lipinski definition) is 2. The van der Waals surface area contributed by atoms with Crippen molar-refractivity contribution in [3.05, 3.63) is 29.3 Å². The Bertz CT molecular complexity index is 510. The summed E-state index contributed by atoms with van der Waals surface area (Å²) in [7, 11) is 0. The van der Waals surface area contributed by atoms with Gasteiger partial charge in [-0.05, 0) is 30.5 Å². The highest BCUT2D eigenvalue weighted by molar-refractivity contribution is 5.90. The third-order valence-corrected chi connectivity index (χ3v) is 5.36. The van der Waals surface area contributed by atoms with Gasteiger partial charge < -0.3 is 10.2 Å². The number of carbonyl (C=O) groups is 1. The molecule has 0 aliphatic heterocycles. The molecule has 1 aromatic rings. The lowest BCUT2D eigenvalue weighted by Crippen LogP contribution is -1.98. The van der Waals surface area contributed by atoms with E-state index >= 15 is 0 Å². The molecule has 27 heavy (non-hydrogen) atoms. The van der Waals surface area contributed by atoms with Crippen molar-refractivity contribution in [2.75, 3.05) is 0 Å². The first-order valence-electron chi connectivity index (χ1n) is 11.2. The highest BCUT2D eigenvalue weighted by atomic mass is 16.4. The zero-order valence-corrected chi connectivity index (χ0v) is 17.3. The molecule has 0 unspecified atom stereocenters. The second-order valence-corrected chi connectivity index (χ2v) is 7.86. The first-order valence-corrected chi connectivity index (χ1v) is 11.2. The summed E-state index contributed by atoms with van der Waals surface area (Å²) < 4.78 is 0. The van der Waals surface area contributed by atoms with Crippen molar-refractivity contribution in [1.82, 2.24) is 0 Å². The molecule has 1 rings (SSSR count). The van der Waals surface area contributed by atoms with Crippen molar-refractivity contribution in [2.45, 2.75) is 110 Å². The van der Waals surface area contributed by atoms with E-state index in [1.54, 1.807) is 6.07 Å². The Balaban J connectivity index is 1.91. The van der Waals surface area contributed by atoms with Crippen LogP contribution in [0.1, 0.15) is 119 Å². The molecule has 1 aromatic carbocycles. The highest BCUT2D eigenvalue weighted by Gasteiger charge is 2.09. The summed E-state index contributed by atoms with van der Waals surface area (Å²) in [5.74, 6) is -1.21. The Kier molecular flexibility index (Phi) is 13.5. The van der Waals surface area contributed by atoms with Crippen LogP contribution in [-0.2, 0) is 6.42 Å². The van der Waals surface area contributed by atoms with Gasteiger partial charge in [-0.2, -0.15) is 0 Å². The maximum Gasteiger partial charge on any atom is 0.339 e. The number of unbranched alkanes of at least 4 members (excludes halogenated alkanes) is 14. The van der Waals surface area contributed by atoms with Crippen molar-refractivity contribution < 1.29 is 15.0 Å². The Hall–Kier alpha value is -1.51. The standard InChI is InChI=1S/C24H40O3/c1-2-3-4-5-6-7-8-9-10-11-12-13-14-15-16-17-21-18-19-23(25)22(20-21)24(26)27/h18-20,25H,2-17H2,1H3,(H,26,27). The van der Waals surface area contributed by atoms with E-state index < -0.39 is 5.97 Å². The minimum atomic E-state index is -1.06. The van der Waals surface area contributed by atoms with Crippen LogP contribution in [0.3, 0.4) is 0 Å². The van der Waals surface area contributed by atoms with Gasteiger partial charge in [0.25, 0.3) is 0 Å². The van der Waals surface area contributed by atoms with E-state index in [1.165, 1.54) is 96.0 Å². The third-order valence-electron chi connectivity index (χ3n) is 5.36. The van der Waals surface area contributed by atoms with Crippen molar-refractivity contribution in [1.29, 1.82) is 0 Å². The van der Waals surface area contributed by atoms with Gasteiger partial charge in [-0.3, -0.25) is 0 Å². The van der Waals surface area contributed by atoms with Gasteiger partial charge in [0.2, 0.25) is 0 Å². The quantitative estimate of drug-likeness (QED) is 0.277. The zero-order chi connectivity index (χ0) is 19.7. The molecule has 0 radical (unpaired) electrons. The van der Waals surface area contributed by atoms with Crippen molar-refractivity contribution in [3.63, 3.8) is 0 Å². The predicted molar refractivity (Wildman–Crippen MR) is 114 cm³/mol. The minimum absolute atomic E-state index is 0.00783. The number of phenols is 1. The fourth-order valence-electron chi connectivity index (χ4n) is 3.61. The highest BCUT2D eigenvalue weighted by Crippen LogP contribution is 2.20. The van der Waals surface area contributed by atoms with E-state index in [-0.39, 0.29) is 11.3 Å². The van der Waals surface area contributed by atoms with E-state index in [0.29, 0.717) is 0 Å². The number of aromatic hydroxyl groups is 1. The second kappa shape index (κ2) is 15.5. The molecule has 0 aromatic heterocycles. The van der Waals surface area contributed by atoms with Crippen LogP contribution in [0.15, 0.2) is 18.2 Å². The number of carboxylic acid groups (broad SMARTS) is 1. The lowest BCUT2D eigenvalue weighted by molar-refractivity contribution is 0.0693. The molecule has 154 valence electrons. The summed E-state index contributed by atoms with van der Waals surface area (Å²) in [6.45, 7) is 2.27. The number of aromatic carboxylic acids is 1. The summed E-state index contributed by atoms with van der Waals surface area (Å²) >= 11 is 0. The molecule has 2 N–H and O–H groups in total. The van der Waals surface area contributed by atoms with Crippen molar-refractivity contribution >= 4 is 5.97 Å². The van der Waals surface area contributed by atoms with Crippen LogP contribution in [0, 0.1) is 0 Å². The fraction of sp³-hybridized carbons (Fsp3) is 0.708. The molecule has 0 heterocycles. The van der Waals surface area contributed by atoms with Gasteiger partial charge >= 0.3 is 5.97 Å². The normalized spacial score (nSPS) is 11.0. The minimum Gasteiger partial charge on any atom is -0.507 e. The van der Waals surface area contributed by atoms with Crippen LogP contribution < -0.4 is 0 Å². The van der Waals surface area contributed by atoms with Gasteiger partial charge in [-0.25, -0.2) is 4.79 Å². The van der Waals surface area contributed by atoms with Gasteiger partial charge in [0.05, 0.1) is 0 Å². The lowest BCUT2D eigenvalue weighted by atomic mass is 10.0. The van der Waals surface area contributed by atoms with Crippen LogP contribution >= 0.6 is 0 Å². The largest absolute Gasteiger partial charge is 0.507 e. The van der Waals surface area contributed by atoms with Gasteiger partial charge in [0.1, 0.15) is 11.3 Å². The summed E-state index contributed by atoms with van der Waals surface area (Å²) in [6, 6.07) is 4.91. The van der Waals surface area contributed by atoms with E-state index in [4.69, 9.17) is 5.11 Å². The molecule has 0 spiro atoms. The van der Waals surface area contributed by atoms with Gasteiger partial charge in [0, 0.05) is 0 Å². The number of benzene rings is 1. The number of hydrogen-bond donors (Lipinski definition) is 2. The van der Waals surface area contributed by atoms with Crippen LogP contribution in [-0.4, -0.2) is 16.2 Å². The first kappa shape index (κ1) is 23.5. The Labute approximate surface area is 166 Å². The van der Waals surface area contributed by atoms with Crippen LogP contribution in [0.2, 0.25) is 0 Å². The Morgan fingerprint density at radius 2 is 1.19 bits per heavy atom. The molecule has 0 saturated carbocycles. The van der Waals surface area contributed by atoms with Gasteiger partial charge in [-0.15, -0.1) is 0 Å². The molecular formula is C24H40O3. The summed E-state index contributed by atoms with van der Waals surface area (Å²) in [5.41, 5.74) is 1.01. The van der Waals surface area contributed by atoms with Crippen molar-refractivity contribution in [2.24, 2.45) is 0 Å². The average Bonchev–Trinajstić information content (AvgIpc) is 2.66. The van der Waals surface area contributed by atoms with Gasteiger partial charge in [0.15, 0.2) is 0 Å². The molecule has 0 aliphatic rings. The second-order valence-electron chi connectivity index (χ2n) is 7.86. The van der Waals surface area contributed by atoms with Crippen LogP contribution in [0.5, 0.6) is 5.75 Å². The Morgan fingerprint density at radius 1 is 0.741 bits per heavy atom.